The Balaban J connectivity index is 2.30. The molecule has 1 aromatic carbocycles. The predicted molar refractivity (Wildman–Crippen MR) is 94.8 cm³/mol. The summed E-state index contributed by atoms with van der Waals surface area (Å²) < 4.78 is 5.11. The molecule has 24 heavy (non-hydrogen) atoms. The van der Waals surface area contributed by atoms with Crippen LogP contribution < -0.4 is 10.3 Å². The number of benzene rings is 1. The maximum atomic E-state index is 12.5. The number of methoxy groups -OCH3 is 1. The van der Waals surface area contributed by atoms with Crippen LogP contribution in [0.4, 0.5) is 0 Å². The zero-order valence-corrected chi connectivity index (χ0v) is 14.4. The molecule has 2 aromatic heterocycles. The van der Waals surface area contributed by atoms with Gasteiger partial charge in [-0.1, -0.05) is 35.3 Å². The molecule has 0 atom stereocenters. The van der Waals surface area contributed by atoms with Crippen molar-refractivity contribution in [2.75, 3.05) is 7.11 Å². The fourth-order valence-electron chi connectivity index (χ4n) is 2.45. The normalized spacial score (nSPS) is 10.7. The number of rotatable bonds is 3. The first-order valence-corrected chi connectivity index (χ1v) is 7.82. The van der Waals surface area contributed by atoms with Gasteiger partial charge in [-0.15, -0.1) is 0 Å². The maximum Gasteiger partial charge on any atom is 0.274 e. The second-order valence-corrected chi connectivity index (χ2v) is 5.94. The first-order valence-electron chi connectivity index (χ1n) is 7.06. The monoisotopic (exact) mass is 361 g/mol. The van der Waals surface area contributed by atoms with Crippen LogP contribution >= 0.6 is 23.2 Å². The number of aromatic nitrogens is 3. The topological polar surface area (TPSA) is 67.9 Å². The molecule has 0 saturated heterocycles. The maximum absolute atomic E-state index is 12.5. The molecule has 122 valence electrons. The molecular weight excluding hydrogens is 349 g/mol. The summed E-state index contributed by atoms with van der Waals surface area (Å²) in [6.45, 7) is 1.81. The average molecular weight is 362 g/mol. The highest BCUT2D eigenvalue weighted by atomic mass is 35.5. The Kier molecular flexibility index (Phi) is 4.55. The Morgan fingerprint density at radius 3 is 2.46 bits per heavy atom. The lowest BCUT2D eigenvalue weighted by molar-refractivity contribution is 0.413. The van der Waals surface area contributed by atoms with E-state index in [0.29, 0.717) is 38.3 Å². The van der Waals surface area contributed by atoms with Gasteiger partial charge in [0.15, 0.2) is 0 Å². The smallest absolute Gasteiger partial charge is 0.274 e. The molecular formula is C17H13Cl2N3O2. The molecule has 0 bridgehead atoms. The third-order valence-corrected chi connectivity index (χ3v) is 4.13. The van der Waals surface area contributed by atoms with Crippen LogP contribution in [0.5, 0.6) is 5.75 Å². The van der Waals surface area contributed by atoms with Crippen LogP contribution in [0.15, 0.2) is 41.3 Å². The summed E-state index contributed by atoms with van der Waals surface area (Å²) in [7, 11) is 1.52. The molecule has 2 heterocycles. The molecule has 0 aliphatic carbocycles. The first-order chi connectivity index (χ1) is 11.5. The standard InChI is InChI=1S/C17H13Cl2N3O2/c1-9-14(10-3-5-11(18)6-4-10)15(17(23)22-21-9)16-13(19)7-12(24-2)8-20-16/h3-8H,1-2H3,(H,22,23). The number of nitrogens with one attached hydrogen (secondary N) is 1. The van der Waals surface area contributed by atoms with Crippen molar-refractivity contribution in [3.8, 4) is 28.1 Å². The summed E-state index contributed by atoms with van der Waals surface area (Å²) in [4.78, 5) is 16.8. The molecule has 0 aliphatic rings. The van der Waals surface area contributed by atoms with Gasteiger partial charge >= 0.3 is 0 Å². The SMILES string of the molecule is COc1cnc(-c2c(-c3ccc(Cl)cc3)c(C)n[nH]c2=O)c(Cl)c1. The molecule has 3 aromatic rings. The molecule has 1 N–H and O–H groups in total. The number of ether oxygens (including phenoxy) is 1. The van der Waals surface area contributed by atoms with Gasteiger partial charge in [-0.25, -0.2) is 5.10 Å². The van der Waals surface area contributed by atoms with Crippen molar-refractivity contribution in [1.82, 2.24) is 15.2 Å². The lowest BCUT2D eigenvalue weighted by Gasteiger charge is -2.12. The van der Waals surface area contributed by atoms with Gasteiger partial charge in [-0.3, -0.25) is 9.78 Å². The van der Waals surface area contributed by atoms with Crippen LogP contribution in [0, 0.1) is 6.92 Å². The van der Waals surface area contributed by atoms with Gasteiger partial charge in [0.25, 0.3) is 5.56 Å². The highest BCUT2D eigenvalue weighted by Gasteiger charge is 2.19. The van der Waals surface area contributed by atoms with Gasteiger partial charge in [-0.05, 0) is 24.6 Å². The number of halogens is 2. The number of aromatic amines is 1. The third-order valence-electron chi connectivity index (χ3n) is 3.59. The second kappa shape index (κ2) is 6.63. The van der Waals surface area contributed by atoms with E-state index in [1.54, 1.807) is 25.1 Å². The van der Waals surface area contributed by atoms with Crippen molar-refractivity contribution in [1.29, 1.82) is 0 Å². The van der Waals surface area contributed by atoms with Crippen LogP contribution in [-0.4, -0.2) is 22.3 Å². The second-order valence-electron chi connectivity index (χ2n) is 5.10. The minimum absolute atomic E-state index is 0.320. The first kappa shape index (κ1) is 16.5. The highest BCUT2D eigenvalue weighted by molar-refractivity contribution is 6.33. The molecule has 0 fully saturated rings. The number of H-pyrrole nitrogens is 1. The number of aryl methyl sites for hydroxylation is 1. The Morgan fingerprint density at radius 2 is 1.83 bits per heavy atom. The summed E-state index contributed by atoms with van der Waals surface area (Å²) in [5, 5.41) is 7.47. The lowest BCUT2D eigenvalue weighted by atomic mass is 9.97. The highest BCUT2D eigenvalue weighted by Crippen LogP contribution is 2.35. The van der Waals surface area contributed by atoms with E-state index >= 15 is 0 Å². The molecule has 0 spiro atoms. The zero-order chi connectivity index (χ0) is 17.3. The Bertz CT molecular complexity index is 953. The summed E-state index contributed by atoms with van der Waals surface area (Å²) in [6, 6.07) is 8.78. The Morgan fingerprint density at radius 1 is 1.12 bits per heavy atom. The van der Waals surface area contributed by atoms with Crippen LogP contribution in [0.1, 0.15) is 5.69 Å². The predicted octanol–water partition coefficient (Wildman–Crippen LogP) is 4.12. The van der Waals surface area contributed by atoms with Crippen molar-refractivity contribution in [2.24, 2.45) is 0 Å². The number of pyridine rings is 1. The van der Waals surface area contributed by atoms with Gasteiger partial charge < -0.3 is 4.74 Å². The van der Waals surface area contributed by atoms with Crippen LogP contribution in [-0.2, 0) is 0 Å². The van der Waals surface area contributed by atoms with Crippen LogP contribution in [0.2, 0.25) is 10.0 Å². The quantitative estimate of drug-likeness (QED) is 0.761. The fraction of sp³-hybridized carbons (Fsp3) is 0.118. The van der Waals surface area contributed by atoms with E-state index < -0.39 is 0 Å². The van der Waals surface area contributed by atoms with Crippen molar-refractivity contribution >= 4 is 23.2 Å². The summed E-state index contributed by atoms with van der Waals surface area (Å²) in [6.07, 6.45) is 1.52. The van der Waals surface area contributed by atoms with Gasteiger partial charge in [0.2, 0.25) is 0 Å². The molecule has 7 heteroatoms. The molecule has 5 nitrogen and oxygen atoms in total. The van der Waals surface area contributed by atoms with E-state index in [9.17, 15) is 4.79 Å². The van der Waals surface area contributed by atoms with E-state index in [4.69, 9.17) is 27.9 Å². The lowest BCUT2D eigenvalue weighted by Crippen LogP contribution is -2.15. The molecule has 0 unspecified atom stereocenters. The van der Waals surface area contributed by atoms with E-state index in [1.807, 2.05) is 12.1 Å². The zero-order valence-electron chi connectivity index (χ0n) is 12.9. The molecule has 0 saturated carbocycles. The number of nitrogens with zero attached hydrogens (tertiary/aromatic N) is 2. The third kappa shape index (κ3) is 3.00. The Hall–Kier alpha value is -2.37. The summed E-state index contributed by atoms with van der Waals surface area (Å²) >= 11 is 12.3. The molecule has 0 amide bonds. The molecule has 0 radical (unpaired) electrons. The summed E-state index contributed by atoms with van der Waals surface area (Å²) in [5.41, 5.74) is 2.48. The van der Waals surface area contributed by atoms with Crippen LogP contribution in [0.3, 0.4) is 0 Å². The van der Waals surface area contributed by atoms with Gasteiger partial charge in [0, 0.05) is 16.7 Å². The largest absolute Gasteiger partial charge is 0.495 e. The van der Waals surface area contributed by atoms with Crippen molar-refractivity contribution in [3.63, 3.8) is 0 Å². The summed E-state index contributed by atoms with van der Waals surface area (Å²) in [5.74, 6) is 0.513. The van der Waals surface area contributed by atoms with E-state index in [0.717, 1.165) is 5.56 Å². The van der Waals surface area contributed by atoms with Crippen LogP contribution in [0.25, 0.3) is 22.4 Å². The number of hydrogen-bond acceptors (Lipinski definition) is 4. The fourth-order valence-corrected chi connectivity index (χ4v) is 2.83. The minimum atomic E-state index is -0.370. The molecule has 3 rings (SSSR count). The van der Waals surface area contributed by atoms with E-state index in [1.165, 1.54) is 13.3 Å². The van der Waals surface area contributed by atoms with Crippen molar-refractivity contribution < 1.29 is 4.74 Å². The van der Waals surface area contributed by atoms with E-state index in [-0.39, 0.29) is 5.56 Å². The number of hydrogen-bond donors (Lipinski definition) is 1. The minimum Gasteiger partial charge on any atom is -0.495 e. The van der Waals surface area contributed by atoms with Crippen molar-refractivity contribution in [2.45, 2.75) is 6.92 Å². The van der Waals surface area contributed by atoms with Gasteiger partial charge in [0.1, 0.15) is 5.75 Å². The molecule has 0 aliphatic heterocycles. The van der Waals surface area contributed by atoms with E-state index in [2.05, 4.69) is 15.2 Å². The van der Waals surface area contributed by atoms with Gasteiger partial charge in [-0.2, -0.15) is 5.10 Å². The van der Waals surface area contributed by atoms with Crippen molar-refractivity contribution in [3.05, 3.63) is 62.6 Å². The van der Waals surface area contributed by atoms with Gasteiger partial charge in [0.05, 0.1) is 35.3 Å². The Labute approximate surface area is 148 Å². The average Bonchev–Trinajstić information content (AvgIpc) is 2.58.